The van der Waals surface area contributed by atoms with Crippen molar-refractivity contribution in [2.24, 2.45) is 5.92 Å². The molecule has 2 unspecified atom stereocenters. The number of carbonyl (C=O) groups is 2. The van der Waals surface area contributed by atoms with Gasteiger partial charge in [-0.25, -0.2) is 0 Å². The summed E-state index contributed by atoms with van der Waals surface area (Å²) in [6.45, 7) is 0.543. The number of nitrogens with zero attached hydrogens (tertiary/aromatic N) is 1. The number of hydrogen-bond acceptors (Lipinski definition) is 3. The standard InChI is InChI=1S/C25H28Cl2N2O2S/c26-19-11-12-20(21(27)15-19)24(31)29-22(16-32-25(29)18-9-5-2-6-10-18)23(30)28-14-13-17-7-3-1-4-8-17/h1,3-4,7-8,11-12,15,18,22,25H,2,5-6,9-10,13-14,16H2,(H,28,30). The van der Waals surface area contributed by atoms with E-state index < -0.39 is 6.04 Å². The molecule has 1 aliphatic heterocycles. The van der Waals surface area contributed by atoms with Gasteiger partial charge in [0.1, 0.15) is 6.04 Å². The van der Waals surface area contributed by atoms with Gasteiger partial charge in [0.15, 0.2) is 0 Å². The van der Waals surface area contributed by atoms with Crippen molar-refractivity contribution in [3.8, 4) is 0 Å². The molecule has 2 aromatic carbocycles. The van der Waals surface area contributed by atoms with E-state index >= 15 is 0 Å². The molecule has 0 spiro atoms. The second-order valence-electron chi connectivity index (χ2n) is 8.50. The van der Waals surface area contributed by atoms with Crippen LogP contribution in [0.25, 0.3) is 0 Å². The molecule has 32 heavy (non-hydrogen) atoms. The molecule has 1 heterocycles. The van der Waals surface area contributed by atoms with E-state index in [1.54, 1.807) is 34.9 Å². The van der Waals surface area contributed by atoms with E-state index in [-0.39, 0.29) is 17.2 Å². The molecule has 170 valence electrons. The molecule has 0 aromatic heterocycles. The monoisotopic (exact) mass is 490 g/mol. The molecule has 2 fully saturated rings. The van der Waals surface area contributed by atoms with Crippen LogP contribution in [0.2, 0.25) is 10.0 Å². The first-order chi connectivity index (χ1) is 15.5. The topological polar surface area (TPSA) is 49.4 Å². The number of hydrogen-bond donors (Lipinski definition) is 1. The Bertz CT molecular complexity index is 950. The number of amides is 2. The molecule has 2 amide bonds. The van der Waals surface area contributed by atoms with E-state index in [1.807, 2.05) is 18.2 Å². The van der Waals surface area contributed by atoms with Crippen molar-refractivity contribution in [2.45, 2.75) is 49.9 Å². The fourth-order valence-electron chi connectivity index (χ4n) is 4.66. The third-order valence-electron chi connectivity index (χ3n) is 6.34. The zero-order chi connectivity index (χ0) is 22.5. The SMILES string of the molecule is O=C(NCCc1ccccc1)C1CSC(C2CCCCC2)N1C(=O)c1ccc(Cl)cc1Cl. The lowest BCUT2D eigenvalue weighted by Gasteiger charge is -2.35. The molecule has 2 aliphatic rings. The summed E-state index contributed by atoms with van der Waals surface area (Å²) < 4.78 is 0. The van der Waals surface area contributed by atoms with Crippen LogP contribution in [0.5, 0.6) is 0 Å². The number of thioether (sulfide) groups is 1. The Morgan fingerprint density at radius 3 is 2.50 bits per heavy atom. The summed E-state index contributed by atoms with van der Waals surface area (Å²) in [6, 6.07) is 14.5. The van der Waals surface area contributed by atoms with Crippen molar-refractivity contribution < 1.29 is 9.59 Å². The van der Waals surface area contributed by atoms with Crippen molar-refractivity contribution in [2.75, 3.05) is 12.3 Å². The fourth-order valence-corrected chi connectivity index (χ4v) is 6.79. The summed E-state index contributed by atoms with van der Waals surface area (Å²) in [5.74, 6) is 0.737. The Labute approximate surface area is 204 Å². The number of benzene rings is 2. The van der Waals surface area contributed by atoms with Crippen molar-refractivity contribution in [1.29, 1.82) is 0 Å². The maximum absolute atomic E-state index is 13.6. The van der Waals surface area contributed by atoms with Crippen LogP contribution in [0.1, 0.15) is 48.0 Å². The molecule has 7 heteroatoms. The van der Waals surface area contributed by atoms with E-state index in [0.29, 0.717) is 33.8 Å². The second-order valence-corrected chi connectivity index (χ2v) is 10.5. The van der Waals surface area contributed by atoms with E-state index in [4.69, 9.17) is 23.2 Å². The zero-order valence-electron chi connectivity index (χ0n) is 17.9. The van der Waals surface area contributed by atoms with E-state index in [1.165, 1.54) is 24.8 Å². The minimum Gasteiger partial charge on any atom is -0.354 e. The number of carbonyl (C=O) groups excluding carboxylic acids is 2. The minimum atomic E-state index is -0.498. The summed E-state index contributed by atoms with van der Waals surface area (Å²) in [6.07, 6.45) is 6.55. The molecule has 4 rings (SSSR count). The van der Waals surface area contributed by atoms with Gasteiger partial charge in [-0.2, -0.15) is 0 Å². The largest absolute Gasteiger partial charge is 0.354 e. The van der Waals surface area contributed by atoms with Gasteiger partial charge < -0.3 is 10.2 Å². The predicted molar refractivity (Wildman–Crippen MR) is 132 cm³/mol. The molecular formula is C25H28Cl2N2O2S. The van der Waals surface area contributed by atoms with Crippen molar-refractivity contribution in [1.82, 2.24) is 10.2 Å². The van der Waals surface area contributed by atoms with Gasteiger partial charge in [0.2, 0.25) is 5.91 Å². The summed E-state index contributed by atoms with van der Waals surface area (Å²) in [4.78, 5) is 28.6. The van der Waals surface area contributed by atoms with Crippen LogP contribution in [0.15, 0.2) is 48.5 Å². The van der Waals surface area contributed by atoms with Crippen molar-refractivity contribution in [3.63, 3.8) is 0 Å². The van der Waals surface area contributed by atoms with E-state index in [9.17, 15) is 9.59 Å². The number of halogens is 2. The first kappa shape index (κ1) is 23.5. The Morgan fingerprint density at radius 2 is 1.78 bits per heavy atom. The molecule has 2 aromatic rings. The summed E-state index contributed by atoms with van der Waals surface area (Å²) in [5.41, 5.74) is 1.58. The highest BCUT2D eigenvalue weighted by Gasteiger charge is 2.45. The Morgan fingerprint density at radius 1 is 1.03 bits per heavy atom. The van der Waals surface area contributed by atoms with E-state index in [2.05, 4.69) is 17.4 Å². The smallest absolute Gasteiger partial charge is 0.256 e. The van der Waals surface area contributed by atoms with Crippen LogP contribution >= 0.6 is 35.0 Å². The molecular weight excluding hydrogens is 463 g/mol. The lowest BCUT2D eigenvalue weighted by Crippen LogP contribution is -2.51. The average Bonchev–Trinajstić information content (AvgIpc) is 3.25. The van der Waals surface area contributed by atoms with Gasteiger partial charge in [-0.3, -0.25) is 9.59 Å². The first-order valence-electron chi connectivity index (χ1n) is 11.3. The third kappa shape index (κ3) is 5.44. The van der Waals surface area contributed by atoms with Crippen LogP contribution in [0.4, 0.5) is 0 Å². The highest BCUT2D eigenvalue weighted by Crippen LogP contribution is 2.41. The van der Waals surface area contributed by atoms with Gasteiger partial charge in [0.05, 0.1) is 16.0 Å². The predicted octanol–water partition coefficient (Wildman–Crippen LogP) is 5.82. The average molecular weight is 491 g/mol. The molecule has 1 saturated heterocycles. The highest BCUT2D eigenvalue weighted by atomic mass is 35.5. The summed E-state index contributed by atoms with van der Waals surface area (Å²) >= 11 is 14.1. The van der Waals surface area contributed by atoms with Crippen LogP contribution < -0.4 is 5.32 Å². The molecule has 1 aliphatic carbocycles. The molecule has 0 bridgehead atoms. The molecule has 1 N–H and O–H groups in total. The maximum atomic E-state index is 13.6. The van der Waals surface area contributed by atoms with Crippen LogP contribution in [0, 0.1) is 5.92 Å². The van der Waals surface area contributed by atoms with Gasteiger partial charge >= 0.3 is 0 Å². The fraction of sp³-hybridized carbons (Fsp3) is 0.440. The normalized spacial score (nSPS) is 21.5. The quantitative estimate of drug-likeness (QED) is 0.554. The second kappa shape index (κ2) is 11.0. The minimum absolute atomic E-state index is 0.000539. The number of rotatable bonds is 6. The molecule has 2 atom stereocenters. The lowest BCUT2D eigenvalue weighted by atomic mass is 9.88. The Hall–Kier alpha value is -1.69. The molecule has 4 nitrogen and oxygen atoms in total. The zero-order valence-corrected chi connectivity index (χ0v) is 20.3. The molecule has 1 saturated carbocycles. The van der Waals surface area contributed by atoms with Gasteiger partial charge in [-0.05, 0) is 48.9 Å². The van der Waals surface area contributed by atoms with E-state index in [0.717, 1.165) is 19.3 Å². The van der Waals surface area contributed by atoms with Crippen molar-refractivity contribution >= 4 is 46.8 Å². The number of nitrogens with one attached hydrogen (secondary N) is 1. The highest BCUT2D eigenvalue weighted by molar-refractivity contribution is 8.00. The Kier molecular flexibility index (Phi) is 8.03. The summed E-state index contributed by atoms with van der Waals surface area (Å²) in [5, 5.41) is 3.87. The Balaban J connectivity index is 1.51. The van der Waals surface area contributed by atoms with Crippen molar-refractivity contribution in [3.05, 3.63) is 69.7 Å². The van der Waals surface area contributed by atoms with Gasteiger partial charge in [0.25, 0.3) is 5.91 Å². The summed E-state index contributed by atoms with van der Waals surface area (Å²) in [7, 11) is 0. The van der Waals surface area contributed by atoms with Crippen LogP contribution in [-0.2, 0) is 11.2 Å². The van der Waals surface area contributed by atoms with Gasteiger partial charge in [0, 0.05) is 17.3 Å². The third-order valence-corrected chi connectivity index (χ3v) is 8.35. The van der Waals surface area contributed by atoms with Crippen LogP contribution in [-0.4, -0.2) is 40.4 Å². The van der Waals surface area contributed by atoms with Gasteiger partial charge in [-0.15, -0.1) is 11.8 Å². The van der Waals surface area contributed by atoms with Crippen LogP contribution in [0.3, 0.4) is 0 Å². The maximum Gasteiger partial charge on any atom is 0.256 e. The molecule has 0 radical (unpaired) electrons. The van der Waals surface area contributed by atoms with Gasteiger partial charge in [-0.1, -0.05) is 72.8 Å². The first-order valence-corrected chi connectivity index (χ1v) is 13.1. The lowest BCUT2D eigenvalue weighted by molar-refractivity contribution is -0.125.